The molecule has 1 aromatic heterocycles. The van der Waals surface area contributed by atoms with Crippen molar-refractivity contribution in [3.05, 3.63) is 21.4 Å². The first-order valence-corrected chi connectivity index (χ1v) is 9.18. The first-order valence-electron chi connectivity index (χ1n) is 8.36. The van der Waals surface area contributed by atoms with Crippen LogP contribution in [-0.4, -0.2) is 55.7 Å². The van der Waals surface area contributed by atoms with E-state index >= 15 is 0 Å². The number of amides is 1. The molecule has 1 amide bonds. The summed E-state index contributed by atoms with van der Waals surface area (Å²) in [4.78, 5) is 15.4. The number of nitrogens with zero attached hydrogens (tertiary/aromatic N) is 1. The summed E-state index contributed by atoms with van der Waals surface area (Å²) >= 11 is 1.42. The topological polar surface area (TPSA) is 44.4 Å². The Morgan fingerprint density at radius 3 is 2.67 bits per heavy atom. The summed E-state index contributed by atoms with van der Waals surface area (Å²) in [5.74, 6) is -0.390. The molecule has 8 heteroatoms. The Balaban J connectivity index is 1.63. The second kappa shape index (κ2) is 7.41. The molecule has 1 fully saturated rings. The number of nitrogens with one attached hydrogen (secondary N) is 2. The molecule has 0 aromatic carbocycles. The number of fused-ring (bicyclic) bond motifs is 1. The molecule has 0 bridgehead atoms. The van der Waals surface area contributed by atoms with Crippen LogP contribution >= 0.6 is 11.3 Å². The number of piperazine rings is 1. The van der Waals surface area contributed by atoms with Crippen LogP contribution in [0.5, 0.6) is 0 Å². The average molecular weight is 361 g/mol. The molecular weight excluding hydrogens is 339 g/mol. The molecule has 1 atom stereocenters. The van der Waals surface area contributed by atoms with E-state index in [4.69, 9.17) is 0 Å². The van der Waals surface area contributed by atoms with Gasteiger partial charge in [-0.05, 0) is 37.3 Å². The number of carbonyl (C=O) groups excluding carboxylic acids is 1. The van der Waals surface area contributed by atoms with E-state index in [1.165, 1.54) is 26.7 Å². The summed E-state index contributed by atoms with van der Waals surface area (Å²) in [7, 11) is 0. The molecule has 1 aromatic rings. The molecular formula is C16H22F3N3OS. The maximum atomic E-state index is 13.3. The first kappa shape index (κ1) is 17.7. The number of halogens is 3. The summed E-state index contributed by atoms with van der Waals surface area (Å²) in [5, 5.41) is 5.55. The van der Waals surface area contributed by atoms with Crippen molar-refractivity contribution >= 4 is 17.2 Å². The zero-order valence-electron chi connectivity index (χ0n) is 13.4. The number of carbonyl (C=O) groups is 1. The maximum absolute atomic E-state index is 13.3. The van der Waals surface area contributed by atoms with Crippen molar-refractivity contribution in [2.45, 2.75) is 37.9 Å². The van der Waals surface area contributed by atoms with Crippen molar-refractivity contribution in [3.8, 4) is 0 Å². The highest BCUT2D eigenvalue weighted by Crippen LogP contribution is 2.30. The largest absolute Gasteiger partial charge is 0.405 e. The minimum absolute atomic E-state index is 0.341. The van der Waals surface area contributed by atoms with Gasteiger partial charge in [0.25, 0.3) is 5.91 Å². The summed E-state index contributed by atoms with van der Waals surface area (Å²) in [6, 6.07) is 0.222. The molecule has 2 aliphatic rings. The van der Waals surface area contributed by atoms with Crippen LogP contribution in [0.2, 0.25) is 0 Å². The van der Waals surface area contributed by atoms with Crippen LogP contribution in [0, 0.1) is 0 Å². The lowest BCUT2D eigenvalue weighted by molar-refractivity contribution is -0.183. The van der Waals surface area contributed by atoms with Crippen LogP contribution in [0.1, 0.15) is 33.0 Å². The summed E-state index contributed by atoms with van der Waals surface area (Å²) in [6.45, 7) is 1.36. The summed E-state index contributed by atoms with van der Waals surface area (Å²) < 4.78 is 40.0. The van der Waals surface area contributed by atoms with E-state index in [0.717, 1.165) is 25.7 Å². The number of alkyl halides is 3. The summed E-state index contributed by atoms with van der Waals surface area (Å²) in [5.41, 5.74) is 1.19. The maximum Gasteiger partial charge on any atom is 0.405 e. The predicted molar refractivity (Wildman–Crippen MR) is 87.6 cm³/mol. The van der Waals surface area contributed by atoms with Crippen LogP contribution in [0.4, 0.5) is 13.2 Å². The van der Waals surface area contributed by atoms with Crippen LogP contribution < -0.4 is 10.6 Å². The van der Waals surface area contributed by atoms with Crippen molar-refractivity contribution in [3.63, 3.8) is 0 Å². The Morgan fingerprint density at radius 1 is 1.29 bits per heavy atom. The van der Waals surface area contributed by atoms with Gasteiger partial charge < -0.3 is 10.6 Å². The molecule has 24 heavy (non-hydrogen) atoms. The molecule has 1 saturated heterocycles. The van der Waals surface area contributed by atoms with E-state index < -0.39 is 24.7 Å². The zero-order chi connectivity index (χ0) is 17.2. The lowest BCUT2D eigenvalue weighted by Gasteiger charge is -2.35. The second-order valence-corrected chi connectivity index (χ2v) is 7.46. The quantitative estimate of drug-likeness (QED) is 0.864. The van der Waals surface area contributed by atoms with Gasteiger partial charge in [-0.25, -0.2) is 0 Å². The molecule has 1 aliphatic carbocycles. The molecule has 0 radical (unpaired) electrons. The lowest BCUT2D eigenvalue weighted by atomic mass is 9.99. The van der Waals surface area contributed by atoms with E-state index in [9.17, 15) is 18.0 Å². The Bertz CT molecular complexity index is 558. The van der Waals surface area contributed by atoms with Gasteiger partial charge in [-0.3, -0.25) is 9.69 Å². The van der Waals surface area contributed by atoms with E-state index in [0.29, 0.717) is 31.1 Å². The lowest BCUT2D eigenvalue weighted by Crippen LogP contribution is -2.57. The van der Waals surface area contributed by atoms with Gasteiger partial charge >= 0.3 is 6.18 Å². The Kier molecular flexibility index (Phi) is 5.46. The number of aryl methyl sites for hydroxylation is 2. The highest BCUT2D eigenvalue weighted by molar-refractivity contribution is 7.14. The fourth-order valence-electron chi connectivity index (χ4n) is 3.32. The SMILES string of the molecule is O=C(NCC(N1CCNCC1)C(F)(F)F)c1cc2c(s1)CCCC2. The van der Waals surface area contributed by atoms with E-state index in [1.807, 2.05) is 6.07 Å². The van der Waals surface area contributed by atoms with Gasteiger partial charge in [-0.2, -0.15) is 13.2 Å². The molecule has 1 aliphatic heterocycles. The fraction of sp³-hybridized carbons (Fsp3) is 0.688. The van der Waals surface area contributed by atoms with Crippen molar-refractivity contribution in [1.82, 2.24) is 15.5 Å². The van der Waals surface area contributed by atoms with Gasteiger partial charge in [0.05, 0.1) is 4.88 Å². The third kappa shape index (κ3) is 4.10. The molecule has 134 valence electrons. The van der Waals surface area contributed by atoms with Gasteiger partial charge in [0, 0.05) is 37.6 Å². The molecule has 0 saturated carbocycles. The van der Waals surface area contributed by atoms with Crippen molar-refractivity contribution in [2.24, 2.45) is 0 Å². The van der Waals surface area contributed by atoms with Gasteiger partial charge in [0.15, 0.2) is 0 Å². The molecule has 0 spiro atoms. The molecule has 1 unspecified atom stereocenters. The monoisotopic (exact) mass is 361 g/mol. The summed E-state index contributed by atoms with van der Waals surface area (Å²) in [6.07, 6.45) is -0.179. The Labute approximate surface area is 143 Å². The van der Waals surface area contributed by atoms with Gasteiger partial charge in [-0.15, -0.1) is 11.3 Å². The average Bonchev–Trinajstić information content (AvgIpc) is 2.99. The number of thiophene rings is 1. The predicted octanol–water partition coefficient (Wildman–Crippen LogP) is 2.19. The van der Waals surface area contributed by atoms with Gasteiger partial charge in [0.1, 0.15) is 6.04 Å². The van der Waals surface area contributed by atoms with Crippen LogP contribution in [0.15, 0.2) is 6.07 Å². The second-order valence-electron chi connectivity index (χ2n) is 6.32. The standard InChI is InChI=1S/C16H22F3N3OS/c17-16(18,19)14(22-7-5-20-6-8-22)10-21-15(23)13-9-11-3-1-2-4-12(11)24-13/h9,14,20H,1-8,10H2,(H,21,23). The third-order valence-electron chi connectivity index (χ3n) is 4.65. The number of rotatable bonds is 4. The highest BCUT2D eigenvalue weighted by atomic mass is 32.1. The molecule has 2 heterocycles. The highest BCUT2D eigenvalue weighted by Gasteiger charge is 2.43. The molecule has 2 N–H and O–H groups in total. The fourth-order valence-corrected chi connectivity index (χ4v) is 4.49. The van der Waals surface area contributed by atoms with Crippen LogP contribution in [-0.2, 0) is 12.8 Å². The van der Waals surface area contributed by atoms with Crippen molar-refractivity contribution in [1.29, 1.82) is 0 Å². The minimum Gasteiger partial charge on any atom is -0.349 e. The smallest absolute Gasteiger partial charge is 0.349 e. The third-order valence-corrected chi connectivity index (χ3v) is 5.88. The van der Waals surface area contributed by atoms with Crippen LogP contribution in [0.3, 0.4) is 0 Å². The van der Waals surface area contributed by atoms with Crippen molar-refractivity contribution in [2.75, 3.05) is 32.7 Å². The normalized spacial score (nSPS) is 20.5. The molecule has 3 rings (SSSR count). The van der Waals surface area contributed by atoms with E-state index in [2.05, 4.69) is 10.6 Å². The number of hydrogen-bond donors (Lipinski definition) is 2. The van der Waals surface area contributed by atoms with Crippen LogP contribution in [0.25, 0.3) is 0 Å². The van der Waals surface area contributed by atoms with Crippen molar-refractivity contribution < 1.29 is 18.0 Å². The first-order chi connectivity index (χ1) is 11.4. The van der Waals surface area contributed by atoms with Gasteiger partial charge in [-0.1, -0.05) is 0 Å². The zero-order valence-corrected chi connectivity index (χ0v) is 14.2. The minimum atomic E-state index is -4.35. The van der Waals surface area contributed by atoms with E-state index in [-0.39, 0.29) is 0 Å². The number of hydrogen-bond acceptors (Lipinski definition) is 4. The van der Waals surface area contributed by atoms with Gasteiger partial charge in [0.2, 0.25) is 0 Å². The van der Waals surface area contributed by atoms with E-state index in [1.54, 1.807) is 0 Å². The Hall–Kier alpha value is -1.12. The Morgan fingerprint density at radius 2 is 2.00 bits per heavy atom. The molecule has 4 nitrogen and oxygen atoms in total.